The van der Waals surface area contributed by atoms with E-state index in [0.29, 0.717) is 50.7 Å². The van der Waals surface area contributed by atoms with Crippen LogP contribution in [-0.2, 0) is 9.53 Å². The van der Waals surface area contributed by atoms with Crippen LogP contribution in [0.15, 0.2) is 48.5 Å². The lowest BCUT2D eigenvalue weighted by Crippen LogP contribution is -2.45. The fourth-order valence-electron chi connectivity index (χ4n) is 4.36. The molecule has 164 valence electrons. The molecule has 0 aliphatic carbocycles. The maximum absolute atomic E-state index is 13.4. The van der Waals surface area contributed by atoms with Crippen LogP contribution in [0.5, 0.6) is 11.5 Å². The van der Waals surface area contributed by atoms with Gasteiger partial charge < -0.3 is 24.0 Å². The van der Waals surface area contributed by atoms with Crippen molar-refractivity contribution in [2.75, 3.05) is 53.6 Å². The minimum absolute atomic E-state index is 0.0761. The predicted octanol–water partition coefficient (Wildman–Crippen LogP) is 2.42. The Bertz CT molecular complexity index is 924. The maximum Gasteiger partial charge on any atom is 0.253 e. The summed E-state index contributed by atoms with van der Waals surface area (Å²) in [6.45, 7) is 3.16. The van der Waals surface area contributed by atoms with Crippen molar-refractivity contribution in [3.05, 3.63) is 59.7 Å². The SMILES string of the molecule is COc1ccc(C(=O)N2CC(C(=O)N3CCOCC3)C(c3cccc(OC)c3)C2)cc1. The van der Waals surface area contributed by atoms with E-state index in [4.69, 9.17) is 14.2 Å². The van der Waals surface area contributed by atoms with Gasteiger partial charge in [-0.15, -0.1) is 0 Å². The Morgan fingerprint density at radius 2 is 1.61 bits per heavy atom. The molecule has 31 heavy (non-hydrogen) atoms. The van der Waals surface area contributed by atoms with E-state index in [9.17, 15) is 9.59 Å². The number of nitrogens with zero attached hydrogens (tertiary/aromatic N) is 2. The quantitative estimate of drug-likeness (QED) is 0.738. The highest BCUT2D eigenvalue weighted by atomic mass is 16.5. The number of morpholine rings is 1. The third-order valence-electron chi connectivity index (χ3n) is 6.11. The molecule has 2 aromatic rings. The van der Waals surface area contributed by atoms with E-state index in [1.807, 2.05) is 29.2 Å². The van der Waals surface area contributed by atoms with Crippen LogP contribution in [0.2, 0.25) is 0 Å². The molecule has 2 aliphatic rings. The first-order chi connectivity index (χ1) is 15.1. The molecular weight excluding hydrogens is 396 g/mol. The minimum atomic E-state index is -0.299. The summed E-state index contributed by atoms with van der Waals surface area (Å²) in [5, 5.41) is 0. The lowest BCUT2D eigenvalue weighted by Gasteiger charge is -2.30. The second kappa shape index (κ2) is 9.39. The van der Waals surface area contributed by atoms with E-state index < -0.39 is 0 Å². The summed E-state index contributed by atoms with van der Waals surface area (Å²) >= 11 is 0. The highest BCUT2D eigenvalue weighted by Crippen LogP contribution is 2.36. The third kappa shape index (κ3) is 4.51. The predicted molar refractivity (Wildman–Crippen MR) is 116 cm³/mol. The zero-order valence-corrected chi connectivity index (χ0v) is 18.0. The Hall–Kier alpha value is -3.06. The van der Waals surface area contributed by atoms with E-state index >= 15 is 0 Å². The van der Waals surface area contributed by atoms with Crippen molar-refractivity contribution >= 4 is 11.8 Å². The van der Waals surface area contributed by atoms with Crippen LogP contribution in [0.1, 0.15) is 21.8 Å². The third-order valence-corrected chi connectivity index (χ3v) is 6.11. The molecule has 2 amide bonds. The van der Waals surface area contributed by atoms with Gasteiger partial charge in [-0.25, -0.2) is 0 Å². The molecule has 0 N–H and O–H groups in total. The largest absolute Gasteiger partial charge is 0.497 e. The average molecular weight is 424 g/mol. The number of carbonyl (C=O) groups excluding carboxylic acids is 2. The minimum Gasteiger partial charge on any atom is -0.497 e. The van der Waals surface area contributed by atoms with E-state index in [2.05, 4.69) is 0 Å². The summed E-state index contributed by atoms with van der Waals surface area (Å²) in [5.41, 5.74) is 1.60. The number of methoxy groups -OCH3 is 2. The molecule has 0 radical (unpaired) electrons. The molecule has 2 unspecified atom stereocenters. The Kier molecular flexibility index (Phi) is 6.42. The van der Waals surface area contributed by atoms with E-state index in [1.54, 1.807) is 43.4 Å². The normalized spacial score (nSPS) is 21.1. The van der Waals surface area contributed by atoms with Gasteiger partial charge in [0.05, 0.1) is 33.4 Å². The number of hydrogen-bond donors (Lipinski definition) is 0. The van der Waals surface area contributed by atoms with Gasteiger partial charge in [0.25, 0.3) is 5.91 Å². The molecule has 7 nitrogen and oxygen atoms in total. The first-order valence-corrected chi connectivity index (χ1v) is 10.5. The summed E-state index contributed by atoms with van der Waals surface area (Å²) in [6, 6.07) is 14.9. The standard InChI is InChI=1S/C24H28N2O5/c1-29-19-8-6-17(7-9-19)23(27)26-15-21(18-4-3-5-20(14-18)30-2)22(16-26)24(28)25-10-12-31-13-11-25/h3-9,14,21-22H,10-13,15-16H2,1-2H3. The van der Waals surface area contributed by atoms with Crippen molar-refractivity contribution < 1.29 is 23.8 Å². The van der Waals surface area contributed by atoms with Gasteiger partial charge in [-0.05, 0) is 42.0 Å². The number of likely N-dealkylation sites (tertiary alicyclic amines) is 1. The zero-order valence-electron chi connectivity index (χ0n) is 18.0. The number of benzene rings is 2. The summed E-state index contributed by atoms with van der Waals surface area (Å²) in [6.07, 6.45) is 0. The van der Waals surface area contributed by atoms with E-state index in [0.717, 1.165) is 11.3 Å². The number of rotatable bonds is 5. The van der Waals surface area contributed by atoms with Crippen molar-refractivity contribution in [1.29, 1.82) is 0 Å². The molecule has 2 aliphatic heterocycles. The lowest BCUT2D eigenvalue weighted by atomic mass is 9.87. The molecule has 7 heteroatoms. The van der Waals surface area contributed by atoms with Crippen LogP contribution in [0.4, 0.5) is 0 Å². The van der Waals surface area contributed by atoms with Crippen LogP contribution in [0.25, 0.3) is 0 Å². The average Bonchev–Trinajstić information content (AvgIpc) is 3.29. The summed E-state index contributed by atoms with van der Waals surface area (Å²) < 4.78 is 16.0. The van der Waals surface area contributed by atoms with Crippen molar-refractivity contribution in [1.82, 2.24) is 9.80 Å². The molecule has 0 bridgehead atoms. The van der Waals surface area contributed by atoms with Gasteiger partial charge in [-0.1, -0.05) is 12.1 Å². The zero-order chi connectivity index (χ0) is 21.8. The van der Waals surface area contributed by atoms with Crippen molar-refractivity contribution in [3.8, 4) is 11.5 Å². The van der Waals surface area contributed by atoms with Crippen molar-refractivity contribution in [2.24, 2.45) is 5.92 Å². The molecule has 2 aromatic carbocycles. The van der Waals surface area contributed by atoms with Gasteiger partial charge in [-0.3, -0.25) is 9.59 Å². The Morgan fingerprint density at radius 1 is 0.903 bits per heavy atom. The monoisotopic (exact) mass is 424 g/mol. The van der Waals surface area contributed by atoms with E-state index in [1.165, 1.54) is 0 Å². The molecule has 0 aromatic heterocycles. The van der Waals surface area contributed by atoms with Crippen LogP contribution >= 0.6 is 0 Å². The van der Waals surface area contributed by atoms with Crippen LogP contribution in [0.3, 0.4) is 0 Å². The molecule has 2 heterocycles. The van der Waals surface area contributed by atoms with Crippen molar-refractivity contribution in [2.45, 2.75) is 5.92 Å². The molecule has 2 atom stereocenters. The molecule has 2 fully saturated rings. The van der Waals surface area contributed by atoms with Crippen LogP contribution in [0, 0.1) is 5.92 Å². The Morgan fingerprint density at radius 3 is 2.29 bits per heavy atom. The second-order valence-electron chi connectivity index (χ2n) is 7.87. The number of carbonyl (C=O) groups is 2. The highest BCUT2D eigenvalue weighted by Gasteiger charge is 2.42. The van der Waals surface area contributed by atoms with Crippen molar-refractivity contribution in [3.63, 3.8) is 0 Å². The first kappa shape index (κ1) is 21.2. The summed E-state index contributed by atoms with van der Waals surface area (Å²) in [5.74, 6) is 1.07. The van der Waals surface area contributed by atoms with Gasteiger partial charge in [0.2, 0.25) is 5.91 Å². The molecule has 4 rings (SSSR count). The maximum atomic E-state index is 13.4. The molecule has 2 saturated heterocycles. The van der Waals surface area contributed by atoms with Gasteiger partial charge in [0.15, 0.2) is 0 Å². The van der Waals surface area contributed by atoms with Gasteiger partial charge >= 0.3 is 0 Å². The van der Waals surface area contributed by atoms with Gasteiger partial charge in [-0.2, -0.15) is 0 Å². The Labute approximate surface area is 182 Å². The fourth-order valence-corrected chi connectivity index (χ4v) is 4.36. The molecule has 0 saturated carbocycles. The first-order valence-electron chi connectivity index (χ1n) is 10.5. The lowest BCUT2D eigenvalue weighted by molar-refractivity contribution is -0.139. The number of amides is 2. The number of ether oxygens (including phenoxy) is 3. The Balaban J connectivity index is 1.60. The summed E-state index contributed by atoms with van der Waals surface area (Å²) in [4.78, 5) is 30.3. The smallest absolute Gasteiger partial charge is 0.253 e. The molecule has 0 spiro atoms. The van der Waals surface area contributed by atoms with Gasteiger partial charge in [0.1, 0.15) is 11.5 Å². The summed E-state index contributed by atoms with van der Waals surface area (Å²) in [7, 11) is 3.22. The van der Waals surface area contributed by atoms with Crippen LogP contribution < -0.4 is 9.47 Å². The van der Waals surface area contributed by atoms with E-state index in [-0.39, 0.29) is 23.7 Å². The fraction of sp³-hybridized carbons (Fsp3) is 0.417. The topological polar surface area (TPSA) is 68.3 Å². The number of hydrogen-bond acceptors (Lipinski definition) is 5. The van der Waals surface area contributed by atoms with Gasteiger partial charge in [0, 0.05) is 37.7 Å². The second-order valence-corrected chi connectivity index (χ2v) is 7.87. The molecular formula is C24H28N2O5. The highest BCUT2D eigenvalue weighted by molar-refractivity contribution is 5.95. The van der Waals surface area contributed by atoms with Crippen LogP contribution in [-0.4, -0.2) is 75.2 Å².